The number of rotatable bonds is 6. The third-order valence-corrected chi connectivity index (χ3v) is 7.02. The van der Waals surface area contributed by atoms with Crippen molar-refractivity contribution in [2.45, 2.75) is 18.7 Å². The number of aryl methyl sites for hydroxylation is 2. The maximum Gasteiger partial charge on any atom is 0.264 e. The van der Waals surface area contributed by atoms with Crippen molar-refractivity contribution in [3.05, 3.63) is 88.9 Å². The number of sulfonamides is 1. The lowest BCUT2D eigenvalue weighted by Gasteiger charge is -2.27. The minimum absolute atomic E-state index is 0.0697. The first-order valence-corrected chi connectivity index (χ1v) is 11.2. The van der Waals surface area contributed by atoms with Crippen LogP contribution in [-0.4, -0.2) is 27.9 Å². The highest BCUT2D eigenvalue weighted by atomic mass is 35.5. The van der Waals surface area contributed by atoms with Crippen LogP contribution in [0.4, 0.5) is 11.4 Å². The standard InChI is InChI=1S/C23H23ClN2O3S/c1-17-9-12-21(15-18(17)2)26(30(28,29)22-13-10-19(24)11-14-22)16-23(27)25(3)20-7-5-4-6-8-20/h4-15H,16H2,1-3H3. The maximum absolute atomic E-state index is 13.4. The average Bonchev–Trinajstić information content (AvgIpc) is 2.74. The van der Waals surface area contributed by atoms with Crippen LogP contribution in [0.2, 0.25) is 5.02 Å². The van der Waals surface area contributed by atoms with Gasteiger partial charge in [-0.25, -0.2) is 8.42 Å². The first-order chi connectivity index (χ1) is 14.2. The van der Waals surface area contributed by atoms with Crippen LogP contribution in [0.1, 0.15) is 11.1 Å². The van der Waals surface area contributed by atoms with E-state index >= 15 is 0 Å². The maximum atomic E-state index is 13.4. The predicted octanol–water partition coefficient (Wildman–Crippen LogP) is 4.82. The van der Waals surface area contributed by atoms with Gasteiger partial charge in [0, 0.05) is 17.8 Å². The van der Waals surface area contributed by atoms with Gasteiger partial charge in [0.25, 0.3) is 10.0 Å². The van der Waals surface area contributed by atoms with Crippen LogP contribution in [-0.2, 0) is 14.8 Å². The summed E-state index contributed by atoms with van der Waals surface area (Å²) in [6, 6.07) is 20.4. The summed E-state index contributed by atoms with van der Waals surface area (Å²) in [6.07, 6.45) is 0. The molecule has 3 aromatic rings. The summed E-state index contributed by atoms with van der Waals surface area (Å²) in [5.74, 6) is -0.350. The molecule has 5 nitrogen and oxygen atoms in total. The Morgan fingerprint density at radius 1 is 0.867 bits per heavy atom. The molecular formula is C23H23ClN2O3S. The first-order valence-electron chi connectivity index (χ1n) is 9.37. The van der Waals surface area contributed by atoms with Crippen LogP contribution in [0.25, 0.3) is 0 Å². The van der Waals surface area contributed by atoms with Gasteiger partial charge in [-0.3, -0.25) is 9.10 Å². The summed E-state index contributed by atoms with van der Waals surface area (Å²) < 4.78 is 28.0. The Labute approximate surface area is 182 Å². The number of carbonyl (C=O) groups is 1. The van der Waals surface area contributed by atoms with Gasteiger partial charge in [0.1, 0.15) is 6.54 Å². The van der Waals surface area contributed by atoms with Gasteiger partial charge in [0.05, 0.1) is 10.6 Å². The smallest absolute Gasteiger partial charge is 0.264 e. The Bertz CT molecular complexity index is 1150. The second kappa shape index (κ2) is 8.90. The lowest BCUT2D eigenvalue weighted by atomic mass is 10.1. The summed E-state index contributed by atoms with van der Waals surface area (Å²) in [6.45, 7) is 3.52. The molecule has 0 aromatic heterocycles. The molecule has 30 heavy (non-hydrogen) atoms. The van der Waals surface area contributed by atoms with E-state index in [4.69, 9.17) is 11.6 Å². The summed E-state index contributed by atoms with van der Waals surface area (Å²) in [4.78, 5) is 14.5. The van der Waals surface area contributed by atoms with Crippen molar-refractivity contribution in [1.29, 1.82) is 0 Å². The van der Waals surface area contributed by atoms with Gasteiger partial charge in [-0.1, -0.05) is 35.9 Å². The molecule has 0 heterocycles. The Morgan fingerprint density at radius 2 is 1.50 bits per heavy atom. The number of nitrogens with zero attached hydrogens (tertiary/aromatic N) is 2. The van der Waals surface area contributed by atoms with Gasteiger partial charge >= 0.3 is 0 Å². The van der Waals surface area contributed by atoms with Crippen molar-refractivity contribution in [1.82, 2.24) is 0 Å². The van der Waals surface area contributed by atoms with Crippen LogP contribution in [0.15, 0.2) is 77.7 Å². The van der Waals surface area contributed by atoms with Crippen LogP contribution in [0.3, 0.4) is 0 Å². The molecule has 3 rings (SSSR count). The van der Waals surface area contributed by atoms with Gasteiger partial charge in [0.15, 0.2) is 0 Å². The second-order valence-electron chi connectivity index (χ2n) is 7.02. The van der Waals surface area contributed by atoms with Gasteiger partial charge in [-0.15, -0.1) is 0 Å². The van der Waals surface area contributed by atoms with Crippen molar-refractivity contribution in [3.8, 4) is 0 Å². The first kappa shape index (κ1) is 21.9. The largest absolute Gasteiger partial charge is 0.314 e. The molecule has 0 aliphatic rings. The van der Waals surface area contributed by atoms with Crippen LogP contribution in [0.5, 0.6) is 0 Å². The number of likely N-dealkylation sites (N-methyl/N-ethyl adjacent to an activating group) is 1. The van der Waals surface area contributed by atoms with E-state index in [2.05, 4.69) is 0 Å². The Kier molecular flexibility index (Phi) is 6.48. The molecule has 0 aliphatic carbocycles. The average molecular weight is 443 g/mol. The topological polar surface area (TPSA) is 57.7 Å². The summed E-state index contributed by atoms with van der Waals surface area (Å²) in [5.41, 5.74) is 3.09. The van der Waals surface area contributed by atoms with Crippen molar-refractivity contribution in [2.75, 3.05) is 22.8 Å². The van der Waals surface area contributed by atoms with Crippen molar-refractivity contribution < 1.29 is 13.2 Å². The molecule has 0 radical (unpaired) electrons. The van der Waals surface area contributed by atoms with Crippen molar-refractivity contribution >= 4 is 38.9 Å². The van der Waals surface area contributed by atoms with Crippen molar-refractivity contribution in [3.63, 3.8) is 0 Å². The number of hydrogen-bond acceptors (Lipinski definition) is 3. The normalized spacial score (nSPS) is 11.2. The quantitative estimate of drug-likeness (QED) is 0.550. The molecule has 0 aliphatic heterocycles. The number of carbonyl (C=O) groups excluding carboxylic acids is 1. The highest BCUT2D eigenvalue weighted by Crippen LogP contribution is 2.27. The fourth-order valence-electron chi connectivity index (χ4n) is 2.95. The number of anilines is 2. The van der Waals surface area contributed by atoms with E-state index in [9.17, 15) is 13.2 Å². The zero-order valence-corrected chi connectivity index (χ0v) is 18.6. The van der Waals surface area contributed by atoms with E-state index in [-0.39, 0.29) is 17.3 Å². The molecule has 0 spiro atoms. The lowest BCUT2D eigenvalue weighted by molar-refractivity contribution is -0.116. The molecule has 0 bridgehead atoms. The van der Waals surface area contributed by atoms with E-state index < -0.39 is 10.0 Å². The molecule has 1 amide bonds. The number of halogens is 1. The van der Waals surface area contributed by atoms with Gasteiger partial charge in [-0.2, -0.15) is 0 Å². The van der Waals surface area contributed by atoms with E-state index in [1.54, 1.807) is 31.3 Å². The van der Waals surface area contributed by atoms with E-state index in [1.165, 1.54) is 29.2 Å². The number of hydrogen-bond donors (Lipinski definition) is 0. The van der Waals surface area contributed by atoms with Crippen LogP contribution >= 0.6 is 11.6 Å². The fraction of sp³-hybridized carbons (Fsp3) is 0.174. The fourth-order valence-corrected chi connectivity index (χ4v) is 4.49. The zero-order valence-electron chi connectivity index (χ0n) is 17.0. The van der Waals surface area contributed by atoms with E-state index in [1.807, 2.05) is 38.1 Å². The Hall–Kier alpha value is -2.83. The minimum Gasteiger partial charge on any atom is -0.314 e. The Balaban J connectivity index is 2.02. The minimum atomic E-state index is -3.98. The number of amides is 1. The molecule has 3 aromatic carbocycles. The van der Waals surface area contributed by atoms with Crippen LogP contribution < -0.4 is 9.21 Å². The molecule has 0 saturated heterocycles. The lowest BCUT2D eigenvalue weighted by Crippen LogP contribution is -2.41. The Morgan fingerprint density at radius 3 is 2.10 bits per heavy atom. The van der Waals surface area contributed by atoms with Crippen LogP contribution in [0, 0.1) is 13.8 Å². The second-order valence-corrected chi connectivity index (χ2v) is 9.32. The molecule has 0 N–H and O–H groups in total. The third-order valence-electron chi connectivity index (χ3n) is 4.98. The number of para-hydroxylation sites is 1. The molecule has 7 heteroatoms. The van der Waals surface area contributed by atoms with E-state index in [0.717, 1.165) is 15.4 Å². The molecule has 0 atom stereocenters. The molecular weight excluding hydrogens is 420 g/mol. The summed E-state index contributed by atoms with van der Waals surface area (Å²) in [7, 11) is -2.35. The SMILES string of the molecule is Cc1ccc(N(CC(=O)N(C)c2ccccc2)S(=O)(=O)c2ccc(Cl)cc2)cc1C. The molecule has 0 fully saturated rings. The summed E-state index contributed by atoms with van der Waals surface area (Å²) in [5, 5.41) is 0.437. The van der Waals surface area contributed by atoms with Gasteiger partial charge in [-0.05, 0) is 73.5 Å². The van der Waals surface area contributed by atoms with Gasteiger partial charge < -0.3 is 4.90 Å². The highest BCUT2D eigenvalue weighted by Gasteiger charge is 2.28. The van der Waals surface area contributed by atoms with E-state index in [0.29, 0.717) is 16.4 Å². The highest BCUT2D eigenvalue weighted by molar-refractivity contribution is 7.92. The van der Waals surface area contributed by atoms with Crippen molar-refractivity contribution in [2.24, 2.45) is 0 Å². The molecule has 0 saturated carbocycles. The molecule has 0 unspecified atom stereocenters. The third kappa shape index (κ3) is 4.66. The predicted molar refractivity (Wildman–Crippen MR) is 122 cm³/mol. The monoisotopic (exact) mass is 442 g/mol. The van der Waals surface area contributed by atoms with Gasteiger partial charge in [0.2, 0.25) is 5.91 Å². The zero-order chi connectivity index (χ0) is 21.9. The summed E-state index contributed by atoms with van der Waals surface area (Å²) >= 11 is 5.92. The molecule has 156 valence electrons. The number of benzene rings is 3.